The van der Waals surface area contributed by atoms with E-state index >= 15 is 0 Å². The molecular formula is C16H12ClIN4O2. The Morgan fingerprint density at radius 2 is 2.04 bits per heavy atom. The topological polar surface area (TPSA) is 69.0 Å². The molecule has 2 aromatic carbocycles. The van der Waals surface area contributed by atoms with Crippen LogP contribution in [0.15, 0.2) is 55.1 Å². The quantitative estimate of drug-likeness (QED) is 0.599. The molecule has 0 fully saturated rings. The molecule has 0 unspecified atom stereocenters. The van der Waals surface area contributed by atoms with Gasteiger partial charge in [-0.2, -0.15) is 5.10 Å². The van der Waals surface area contributed by atoms with E-state index in [1.165, 1.54) is 6.33 Å². The van der Waals surface area contributed by atoms with E-state index in [1.807, 2.05) is 24.3 Å². The van der Waals surface area contributed by atoms with Crippen molar-refractivity contribution in [2.75, 3.05) is 11.9 Å². The number of hydrogen-bond acceptors (Lipinski definition) is 4. The first kappa shape index (κ1) is 16.7. The number of benzene rings is 2. The standard InChI is InChI=1S/C16H12ClIN4O2/c17-11-1-6-15(22-10-19-9-20-22)14(7-11)21-16(23)8-24-13-4-2-12(18)3-5-13/h1-7,9-10H,8H2,(H,21,23). The first-order valence-corrected chi connectivity index (χ1v) is 8.40. The second-order valence-electron chi connectivity index (χ2n) is 4.79. The Morgan fingerprint density at radius 1 is 1.25 bits per heavy atom. The van der Waals surface area contributed by atoms with Crippen LogP contribution in [0.4, 0.5) is 5.69 Å². The van der Waals surface area contributed by atoms with Crippen LogP contribution in [0.5, 0.6) is 5.75 Å². The van der Waals surface area contributed by atoms with Crippen LogP contribution in [0.3, 0.4) is 0 Å². The van der Waals surface area contributed by atoms with Crippen molar-refractivity contribution < 1.29 is 9.53 Å². The molecule has 8 heteroatoms. The molecule has 1 N–H and O–H groups in total. The van der Waals surface area contributed by atoms with E-state index in [0.29, 0.717) is 22.1 Å². The smallest absolute Gasteiger partial charge is 0.262 e. The van der Waals surface area contributed by atoms with Gasteiger partial charge in [0.25, 0.3) is 5.91 Å². The van der Waals surface area contributed by atoms with Gasteiger partial charge in [-0.25, -0.2) is 9.67 Å². The fraction of sp³-hybridized carbons (Fsp3) is 0.0625. The number of aromatic nitrogens is 3. The van der Waals surface area contributed by atoms with E-state index in [2.05, 4.69) is 38.0 Å². The maximum Gasteiger partial charge on any atom is 0.262 e. The largest absolute Gasteiger partial charge is 0.484 e. The van der Waals surface area contributed by atoms with Gasteiger partial charge in [-0.15, -0.1) is 0 Å². The number of carbonyl (C=O) groups excluding carboxylic acids is 1. The van der Waals surface area contributed by atoms with Crippen LogP contribution >= 0.6 is 34.2 Å². The summed E-state index contributed by atoms with van der Waals surface area (Å²) in [6.45, 7) is -0.107. The number of halogens is 2. The summed E-state index contributed by atoms with van der Waals surface area (Å²) in [5.74, 6) is 0.338. The van der Waals surface area contributed by atoms with Gasteiger partial charge in [0.15, 0.2) is 6.61 Å². The van der Waals surface area contributed by atoms with E-state index in [0.717, 1.165) is 3.57 Å². The van der Waals surface area contributed by atoms with Gasteiger partial charge < -0.3 is 10.1 Å². The molecule has 0 aliphatic rings. The lowest BCUT2D eigenvalue weighted by Crippen LogP contribution is -2.21. The molecule has 24 heavy (non-hydrogen) atoms. The number of nitrogens with zero attached hydrogens (tertiary/aromatic N) is 3. The Kier molecular flexibility index (Phi) is 5.31. The van der Waals surface area contributed by atoms with Crippen LogP contribution < -0.4 is 10.1 Å². The third-order valence-electron chi connectivity index (χ3n) is 3.08. The van der Waals surface area contributed by atoms with Crippen molar-refractivity contribution in [3.05, 3.63) is 63.7 Å². The first-order chi connectivity index (χ1) is 11.6. The number of rotatable bonds is 5. The van der Waals surface area contributed by atoms with Crippen molar-refractivity contribution in [2.45, 2.75) is 0 Å². The van der Waals surface area contributed by atoms with Gasteiger partial charge in [0.2, 0.25) is 0 Å². The Labute approximate surface area is 156 Å². The SMILES string of the molecule is O=C(COc1ccc(I)cc1)Nc1cc(Cl)ccc1-n1cncn1. The zero-order valence-corrected chi connectivity index (χ0v) is 15.2. The van der Waals surface area contributed by atoms with Gasteiger partial charge >= 0.3 is 0 Å². The zero-order chi connectivity index (χ0) is 16.9. The van der Waals surface area contributed by atoms with E-state index in [1.54, 1.807) is 29.2 Å². The fourth-order valence-corrected chi connectivity index (χ4v) is 2.54. The van der Waals surface area contributed by atoms with Gasteiger partial charge in [-0.3, -0.25) is 4.79 Å². The van der Waals surface area contributed by atoms with Crippen molar-refractivity contribution in [2.24, 2.45) is 0 Å². The lowest BCUT2D eigenvalue weighted by atomic mass is 10.2. The highest BCUT2D eigenvalue weighted by Gasteiger charge is 2.10. The van der Waals surface area contributed by atoms with Crippen LogP contribution in [0.25, 0.3) is 5.69 Å². The van der Waals surface area contributed by atoms with Crippen molar-refractivity contribution in [1.29, 1.82) is 0 Å². The van der Waals surface area contributed by atoms with Crippen LogP contribution in [0.2, 0.25) is 5.02 Å². The van der Waals surface area contributed by atoms with Crippen LogP contribution in [-0.2, 0) is 4.79 Å². The maximum absolute atomic E-state index is 12.2. The Bertz CT molecular complexity index is 838. The molecule has 0 saturated carbocycles. The molecular weight excluding hydrogens is 443 g/mol. The van der Waals surface area contributed by atoms with Gasteiger partial charge in [0.1, 0.15) is 18.4 Å². The molecule has 0 atom stereocenters. The van der Waals surface area contributed by atoms with Crippen LogP contribution in [0, 0.1) is 3.57 Å². The summed E-state index contributed by atoms with van der Waals surface area (Å²) in [5.41, 5.74) is 1.20. The number of ether oxygens (including phenoxy) is 1. The average Bonchev–Trinajstić information content (AvgIpc) is 3.09. The van der Waals surface area contributed by atoms with Gasteiger partial charge in [-0.1, -0.05) is 11.6 Å². The van der Waals surface area contributed by atoms with Gasteiger partial charge in [0.05, 0.1) is 11.4 Å². The summed E-state index contributed by atoms with van der Waals surface area (Å²) in [7, 11) is 0. The second-order valence-corrected chi connectivity index (χ2v) is 6.47. The molecule has 3 rings (SSSR count). The molecule has 0 saturated heterocycles. The summed E-state index contributed by atoms with van der Waals surface area (Å²) < 4.78 is 8.12. The molecule has 1 aromatic heterocycles. The highest BCUT2D eigenvalue weighted by Crippen LogP contribution is 2.24. The second kappa shape index (κ2) is 7.63. The predicted molar refractivity (Wildman–Crippen MR) is 99.7 cm³/mol. The monoisotopic (exact) mass is 454 g/mol. The Morgan fingerprint density at radius 3 is 2.75 bits per heavy atom. The third kappa shape index (κ3) is 4.24. The summed E-state index contributed by atoms with van der Waals surface area (Å²) >= 11 is 8.23. The summed E-state index contributed by atoms with van der Waals surface area (Å²) in [6, 6.07) is 12.6. The summed E-state index contributed by atoms with van der Waals surface area (Å²) in [6.07, 6.45) is 2.96. The first-order valence-electron chi connectivity index (χ1n) is 6.94. The summed E-state index contributed by atoms with van der Waals surface area (Å²) in [4.78, 5) is 16.1. The average molecular weight is 455 g/mol. The minimum absolute atomic E-state index is 0.107. The minimum Gasteiger partial charge on any atom is -0.484 e. The lowest BCUT2D eigenvalue weighted by molar-refractivity contribution is -0.118. The normalized spacial score (nSPS) is 10.4. The molecule has 3 aromatic rings. The Hall–Kier alpha value is -2.13. The van der Waals surface area contributed by atoms with Crippen molar-refractivity contribution in [1.82, 2.24) is 14.8 Å². The highest BCUT2D eigenvalue weighted by atomic mass is 127. The van der Waals surface area contributed by atoms with Gasteiger partial charge in [0, 0.05) is 8.59 Å². The summed E-state index contributed by atoms with van der Waals surface area (Å²) in [5, 5.41) is 7.36. The minimum atomic E-state index is -0.294. The van der Waals surface area contributed by atoms with Gasteiger partial charge in [-0.05, 0) is 65.1 Å². The molecule has 0 radical (unpaired) electrons. The van der Waals surface area contributed by atoms with E-state index in [4.69, 9.17) is 16.3 Å². The molecule has 122 valence electrons. The van der Waals surface area contributed by atoms with E-state index < -0.39 is 0 Å². The highest BCUT2D eigenvalue weighted by molar-refractivity contribution is 14.1. The third-order valence-corrected chi connectivity index (χ3v) is 4.04. The molecule has 0 aliphatic heterocycles. The van der Waals surface area contributed by atoms with E-state index in [-0.39, 0.29) is 12.5 Å². The Balaban J connectivity index is 1.70. The number of anilines is 1. The predicted octanol–water partition coefficient (Wildman–Crippen LogP) is 3.54. The zero-order valence-electron chi connectivity index (χ0n) is 12.3. The number of carbonyl (C=O) groups is 1. The van der Waals surface area contributed by atoms with E-state index in [9.17, 15) is 4.79 Å². The molecule has 1 heterocycles. The fourth-order valence-electron chi connectivity index (χ4n) is 2.01. The van der Waals surface area contributed by atoms with Crippen molar-refractivity contribution in [3.63, 3.8) is 0 Å². The van der Waals surface area contributed by atoms with Crippen LogP contribution in [0.1, 0.15) is 0 Å². The molecule has 0 spiro atoms. The molecule has 0 bridgehead atoms. The molecule has 1 amide bonds. The number of amides is 1. The van der Waals surface area contributed by atoms with Crippen LogP contribution in [-0.4, -0.2) is 27.3 Å². The number of nitrogens with one attached hydrogen (secondary N) is 1. The molecule has 6 nitrogen and oxygen atoms in total. The maximum atomic E-state index is 12.2. The lowest BCUT2D eigenvalue weighted by Gasteiger charge is -2.12. The molecule has 0 aliphatic carbocycles. The van der Waals surface area contributed by atoms with Crippen molar-refractivity contribution >= 4 is 45.8 Å². The van der Waals surface area contributed by atoms with Crippen molar-refractivity contribution in [3.8, 4) is 11.4 Å². The number of hydrogen-bond donors (Lipinski definition) is 1.